The van der Waals surface area contributed by atoms with Gasteiger partial charge in [-0.2, -0.15) is 5.10 Å². The number of fused-ring (bicyclic) bond motifs is 1. The molecule has 6 nitrogen and oxygen atoms in total. The maximum Gasteiger partial charge on any atom is 0.226 e. The van der Waals surface area contributed by atoms with Crippen LogP contribution in [0.1, 0.15) is 47.3 Å². The standard InChI is InChI=1S/C23H22BrN3O3/c1-3-12-30-18-10-4-15(5-11-18)22(29)19-13-20(28)25-23-21(19)14(2)26-27(23)17-8-6-16(24)7-9-17/h4-11,19H,3,12-13H2,1-2H3,(H,25,28)/t19-/m0/s1. The Morgan fingerprint density at radius 1 is 1.20 bits per heavy atom. The van der Waals surface area contributed by atoms with E-state index < -0.39 is 5.92 Å². The lowest BCUT2D eigenvalue weighted by Crippen LogP contribution is -2.28. The monoisotopic (exact) mass is 467 g/mol. The Kier molecular flexibility index (Phi) is 5.72. The third-order valence-electron chi connectivity index (χ3n) is 5.10. The van der Waals surface area contributed by atoms with Crippen LogP contribution in [0.15, 0.2) is 53.0 Å². The summed E-state index contributed by atoms with van der Waals surface area (Å²) in [6, 6.07) is 14.7. The summed E-state index contributed by atoms with van der Waals surface area (Å²) in [6.45, 7) is 4.54. The number of rotatable bonds is 6. The van der Waals surface area contributed by atoms with Crippen molar-refractivity contribution in [3.05, 3.63) is 69.8 Å². The Balaban J connectivity index is 1.69. The molecule has 1 aliphatic rings. The number of Topliss-reactive ketones (excluding diaryl/α,β-unsaturated/α-hetero) is 1. The highest BCUT2D eigenvalue weighted by Crippen LogP contribution is 2.38. The van der Waals surface area contributed by atoms with Gasteiger partial charge in [-0.3, -0.25) is 9.59 Å². The molecular formula is C23H22BrN3O3. The van der Waals surface area contributed by atoms with E-state index in [0.717, 1.165) is 33.6 Å². The van der Waals surface area contributed by atoms with Gasteiger partial charge in [-0.15, -0.1) is 0 Å². The molecule has 0 unspecified atom stereocenters. The number of carbonyl (C=O) groups is 2. The van der Waals surface area contributed by atoms with Crippen LogP contribution < -0.4 is 10.1 Å². The normalized spacial score (nSPS) is 15.4. The number of halogens is 1. The Labute approximate surface area is 183 Å². The predicted molar refractivity (Wildman–Crippen MR) is 119 cm³/mol. The van der Waals surface area contributed by atoms with Crippen LogP contribution in [-0.4, -0.2) is 28.1 Å². The Morgan fingerprint density at radius 3 is 2.57 bits per heavy atom. The number of benzene rings is 2. The fourth-order valence-corrected chi connectivity index (χ4v) is 3.94. The average molecular weight is 468 g/mol. The van der Waals surface area contributed by atoms with Crippen molar-refractivity contribution in [1.82, 2.24) is 9.78 Å². The number of hydrogen-bond donors (Lipinski definition) is 1. The van der Waals surface area contributed by atoms with Gasteiger partial charge in [0.05, 0.1) is 23.9 Å². The molecule has 0 bridgehead atoms. The lowest BCUT2D eigenvalue weighted by atomic mass is 9.85. The summed E-state index contributed by atoms with van der Waals surface area (Å²) in [5, 5.41) is 7.52. The number of anilines is 1. The van der Waals surface area contributed by atoms with Gasteiger partial charge in [0, 0.05) is 22.0 Å². The van der Waals surface area contributed by atoms with Crippen LogP contribution in [0.5, 0.6) is 5.75 Å². The third-order valence-corrected chi connectivity index (χ3v) is 5.63. The minimum absolute atomic E-state index is 0.0911. The SMILES string of the molecule is CCCOc1ccc(C(=O)[C@H]2CC(=O)Nc3c2c(C)nn3-c2ccc(Br)cc2)cc1. The average Bonchev–Trinajstić information content (AvgIpc) is 3.08. The van der Waals surface area contributed by atoms with E-state index in [2.05, 4.69) is 26.3 Å². The highest BCUT2D eigenvalue weighted by molar-refractivity contribution is 9.10. The Morgan fingerprint density at radius 2 is 1.90 bits per heavy atom. The molecule has 30 heavy (non-hydrogen) atoms. The van der Waals surface area contributed by atoms with Crippen LogP contribution in [0.2, 0.25) is 0 Å². The first kappa shape index (κ1) is 20.3. The molecule has 3 aromatic rings. The van der Waals surface area contributed by atoms with Crippen molar-refractivity contribution in [3.63, 3.8) is 0 Å². The van der Waals surface area contributed by atoms with Gasteiger partial charge in [-0.1, -0.05) is 22.9 Å². The fourth-order valence-electron chi connectivity index (χ4n) is 3.68. The third kappa shape index (κ3) is 3.89. The summed E-state index contributed by atoms with van der Waals surface area (Å²) < 4.78 is 8.24. The molecule has 7 heteroatoms. The number of aryl methyl sites for hydroxylation is 1. The molecule has 0 spiro atoms. The van der Waals surface area contributed by atoms with Gasteiger partial charge >= 0.3 is 0 Å². The van der Waals surface area contributed by atoms with E-state index in [-0.39, 0.29) is 18.1 Å². The summed E-state index contributed by atoms with van der Waals surface area (Å²) in [6.07, 6.45) is 1.02. The van der Waals surface area contributed by atoms with Crippen molar-refractivity contribution in [1.29, 1.82) is 0 Å². The fraction of sp³-hybridized carbons (Fsp3) is 0.261. The highest BCUT2D eigenvalue weighted by atomic mass is 79.9. The molecule has 1 atom stereocenters. The van der Waals surface area contributed by atoms with Gasteiger partial charge in [-0.25, -0.2) is 4.68 Å². The molecule has 0 saturated heterocycles. The number of aromatic nitrogens is 2. The first-order valence-corrected chi connectivity index (χ1v) is 10.7. The van der Waals surface area contributed by atoms with Crippen LogP contribution in [0.25, 0.3) is 5.69 Å². The predicted octanol–water partition coefficient (Wildman–Crippen LogP) is 5.04. The van der Waals surface area contributed by atoms with Crippen molar-refractivity contribution in [2.75, 3.05) is 11.9 Å². The smallest absolute Gasteiger partial charge is 0.226 e. The molecule has 154 valence electrons. The number of carbonyl (C=O) groups excluding carboxylic acids is 2. The van der Waals surface area contributed by atoms with E-state index in [1.807, 2.05) is 38.1 Å². The van der Waals surface area contributed by atoms with Crippen molar-refractivity contribution in [3.8, 4) is 11.4 Å². The van der Waals surface area contributed by atoms with Gasteiger partial charge in [0.25, 0.3) is 0 Å². The molecule has 0 fully saturated rings. The van der Waals surface area contributed by atoms with Gasteiger partial charge in [-0.05, 0) is 61.9 Å². The van der Waals surface area contributed by atoms with Crippen molar-refractivity contribution in [2.24, 2.45) is 0 Å². The van der Waals surface area contributed by atoms with Crippen molar-refractivity contribution < 1.29 is 14.3 Å². The van der Waals surface area contributed by atoms with Gasteiger partial charge in [0.2, 0.25) is 5.91 Å². The topological polar surface area (TPSA) is 73.2 Å². The molecule has 0 radical (unpaired) electrons. The number of amides is 1. The number of nitrogens with zero attached hydrogens (tertiary/aromatic N) is 2. The van der Waals surface area contributed by atoms with Crippen molar-refractivity contribution >= 4 is 33.4 Å². The van der Waals surface area contributed by atoms with Gasteiger partial charge in [0.15, 0.2) is 5.78 Å². The molecule has 1 aromatic heterocycles. The minimum atomic E-state index is -0.569. The Bertz CT molecular complexity index is 1090. The maximum atomic E-state index is 13.3. The van der Waals surface area contributed by atoms with Crippen LogP contribution >= 0.6 is 15.9 Å². The van der Waals surface area contributed by atoms with Crippen LogP contribution in [0.4, 0.5) is 5.82 Å². The zero-order chi connectivity index (χ0) is 21.3. The molecule has 4 rings (SSSR count). The van der Waals surface area contributed by atoms with E-state index in [1.54, 1.807) is 28.9 Å². The molecule has 1 aliphatic heterocycles. The number of nitrogens with one attached hydrogen (secondary N) is 1. The summed E-state index contributed by atoms with van der Waals surface area (Å²) in [7, 11) is 0. The van der Waals surface area contributed by atoms with E-state index in [1.165, 1.54) is 0 Å². The first-order chi connectivity index (χ1) is 14.5. The minimum Gasteiger partial charge on any atom is -0.494 e. The molecule has 1 N–H and O–H groups in total. The second-order valence-corrected chi connectivity index (χ2v) is 8.19. The van der Waals surface area contributed by atoms with Gasteiger partial charge < -0.3 is 10.1 Å². The molecule has 1 amide bonds. The summed E-state index contributed by atoms with van der Waals surface area (Å²) in [5.74, 6) is 0.441. The number of hydrogen-bond acceptors (Lipinski definition) is 4. The van der Waals surface area contributed by atoms with E-state index in [4.69, 9.17) is 4.74 Å². The lowest BCUT2D eigenvalue weighted by Gasteiger charge is -2.23. The maximum absolute atomic E-state index is 13.3. The zero-order valence-electron chi connectivity index (χ0n) is 16.8. The second kappa shape index (κ2) is 8.44. The van der Waals surface area contributed by atoms with E-state index >= 15 is 0 Å². The highest BCUT2D eigenvalue weighted by Gasteiger charge is 2.36. The van der Waals surface area contributed by atoms with E-state index in [9.17, 15) is 9.59 Å². The largest absolute Gasteiger partial charge is 0.494 e. The molecule has 2 aromatic carbocycles. The van der Waals surface area contributed by atoms with Crippen molar-refractivity contribution in [2.45, 2.75) is 32.6 Å². The summed E-state index contributed by atoms with van der Waals surface area (Å²) >= 11 is 3.43. The number of ether oxygens (including phenoxy) is 1. The van der Waals surface area contributed by atoms with E-state index in [0.29, 0.717) is 18.0 Å². The Hall–Kier alpha value is -2.93. The van der Waals surface area contributed by atoms with Crippen LogP contribution in [-0.2, 0) is 4.79 Å². The number of ketones is 1. The first-order valence-electron chi connectivity index (χ1n) is 9.90. The summed E-state index contributed by atoms with van der Waals surface area (Å²) in [5.41, 5.74) is 2.87. The van der Waals surface area contributed by atoms with Crippen LogP contribution in [0.3, 0.4) is 0 Å². The quantitative estimate of drug-likeness (QED) is 0.515. The van der Waals surface area contributed by atoms with Crippen LogP contribution in [0, 0.1) is 6.92 Å². The summed E-state index contributed by atoms with van der Waals surface area (Å²) in [4.78, 5) is 25.8. The molecule has 0 saturated carbocycles. The van der Waals surface area contributed by atoms with Gasteiger partial charge in [0.1, 0.15) is 11.6 Å². The molecule has 0 aliphatic carbocycles. The molecular weight excluding hydrogens is 446 g/mol. The lowest BCUT2D eigenvalue weighted by molar-refractivity contribution is -0.116. The zero-order valence-corrected chi connectivity index (χ0v) is 18.4. The molecule has 2 heterocycles. The second-order valence-electron chi connectivity index (χ2n) is 7.28.